The van der Waals surface area contributed by atoms with Gasteiger partial charge in [0.1, 0.15) is 6.61 Å². The van der Waals surface area contributed by atoms with Gasteiger partial charge in [0.05, 0.1) is 0 Å². The normalized spacial score (nSPS) is 10.4. The molecule has 110 valence electrons. The van der Waals surface area contributed by atoms with Gasteiger partial charge in [-0.1, -0.05) is 36.4 Å². The van der Waals surface area contributed by atoms with Crippen molar-refractivity contribution in [2.75, 3.05) is 5.32 Å². The van der Waals surface area contributed by atoms with Gasteiger partial charge in [0.15, 0.2) is 0 Å². The van der Waals surface area contributed by atoms with Gasteiger partial charge in [0.25, 0.3) is 0 Å². The number of carbonyl (C=O) groups excluding carboxylic acids is 1. The Bertz CT molecular complexity index is 856. The maximum Gasteiger partial charge on any atom is 0.411 e. The Balaban J connectivity index is 1.67. The van der Waals surface area contributed by atoms with Crippen LogP contribution >= 0.6 is 0 Å². The van der Waals surface area contributed by atoms with Crippen molar-refractivity contribution in [2.24, 2.45) is 0 Å². The van der Waals surface area contributed by atoms with E-state index in [1.54, 1.807) is 18.3 Å². The summed E-state index contributed by atoms with van der Waals surface area (Å²) in [4.78, 5) is 25.7. The number of amides is 1. The smallest absolute Gasteiger partial charge is 0.411 e. The lowest BCUT2D eigenvalue weighted by Gasteiger charge is -2.08. The van der Waals surface area contributed by atoms with Crippen molar-refractivity contribution in [3.05, 3.63) is 76.7 Å². The first-order valence-electron chi connectivity index (χ1n) is 6.81. The number of hydrogen-bond acceptors (Lipinski definition) is 3. The first-order valence-corrected chi connectivity index (χ1v) is 6.81. The van der Waals surface area contributed by atoms with Crippen LogP contribution in [0.5, 0.6) is 0 Å². The van der Waals surface area contributed by atoms with Gasteiger partial charge in [0, 0.05) is 18.0 Å². The molecule has 5 nitrogen and oxygen atoms in total. The number of H-pyrrole nitrogens is 1. The zero-order valence-electron chi connectivity index (χ0n) is 11.7. The summed E-state index contributed by atoms with van der Waals surface area (Å²) in [5, 5.41) is 4.30. The van der Waals surface area contributed by atoms with Crippen LogP contribution in [-0.4, -0.2) is 11.1 Å². The van der Waals surface area contributed by atoms with Crippen LogP contribution in [0.15, 0.2) is 65.6 Å². The van der Waals surface area contributed by atoms with E-state index in [0.29, 0.717) is 5.69 Å². The van der Waals surface area contributed by atoms with E-state index in [0.717, 1.165) is 16.3 Å². The van der Waals surface area contributed by atoms with Crippen molar-refractivity contribution in [1.82, 2.24) is 4.98 Å². The van der Waals surface area contributed by atoms with Crippen LogP contribution in [0.1, 0.15) is 5.56 Å². The maximum atomic E-state index is 11.8. The number of rotatable bonds is 3. The van der Waals surface area contributed by atoms with E-state index in [1.807, 2.05) is 36.4 Å². The molecule has 3 rings (SSSR count). The summed E-state index contributed by atoms with van der Waals surface area (Å²) >= 11 is 0. The molecular weight excluding hydrogens is 280 g/mol. The summed E-state index contributed by atoms with van der Waals surface area (Å²) in [5.74, 6) is 0. The lowest BCUT2D eigenvalue weighted by molar-refractivity contribution is 0.155. The van der Waals surface area contributed by atoms with Gasteiger partial charge in [-0.2, -0.15) is 0 Å². The molecule has 1 aromatic heterocycles. The molecule has 0 saturated heterocycles. The standard InChI is InChI=1S/C17H14N2O3/c20-16-9-14-8-15(7-6-13(14)10-18-16)19-17(21)22-11-12-4-2-1-3-5-12/h1-10H,11H2,(H,18,20)(H,19,21). The van der Waals surface area contributed by atoms with Crippen LogP contribution < -0.4 is 10.9 Å². The molecule has 0 bridgehead atoms. The zero-order valence-corrected chi connectivity index (χ0v) is 11.7. The third-order valence-corrected chi connectivity index (χ3v) is 3.20. The number of ether oxygens (including phenoxy) is 1. The molecule has 0 unspecified atom stereocenters. The van der Waals surface area contributed by atoms with Crippen molar-refractivity contribution in [3.63, 3.8) is 0 Å². The molecule has 0 aliphatic heterocycles. The van der Waals surface area contributed by atoms with Crippen molar-refractivity contribution < 1.29 is 9.53 Å². The van der Waals surface area contributed by atoms with Gasteiger partial charge in [-0.25, -0.2) is 4.79 Å². The minimum atomic E-state index is -0.534. The SMILES string of the molecule is O=C(Nc1ccc2c[nH]c(=O)cc2c1)OCc1ccccc1. The predicted octanol–water partition coefficient (Wildman–Crippen LogP) is 3.28. The second-order valence-electron chi connectivity index (χ2n) is 4.83. The highest BCUT2D eigenvalue weighted by Crippen LogP contribution is 2.17. The fourth-order valence-electron chi connectivity index (χ4n) is 2.12. The molecule has 0 saturated carbocycles. The summed E-state index contributed by atoms with van der Waals surface area (Å²) in [6, 6.07) is 16.2. The molecule has 0 atom stereocenters. The Morgan fingerprint density at radius 1 is 1.05 bits per heavy atom. The molecule has 0 aliphatic carbocycles. The second-order valence-corrected chi connectivity index (χ2v) is 4.83. The molecule has 2 aromatic carbocycles. The van der Waals surface area contributed by atoms with Gasteiger partial charge >= 0.3 is 6.09 Å². The van der Waals surface area contributed by atoms with Gasteiger partial charge < -0.3 is 9.72 Å². The van der Waals surface area contributed by atoms with E-state index in [9.17, 15) is 9.59 Å². The summed E-state index contributed by atoms with van der Waals surface area (Å²) in [5.41, 5.74) is 1.31. The highest BCUT2D eigenvalue weighted by Gasteiger charge is 2.04. The number of aromatic amines is 1. The third kappa shape index (κ3) is 3.32. The van der Waals surface area contributed by atoms with E-state index in [1.165, 1.54) is 6.07 Å². The van der Waals surface area contributed by atoms with E-state index < -0.39 is 6.09 Å². The first kappa shape index (κ1) is 13.9. The predicted molar refractivity (Wildman–Crippen MR) is 84.8 cm³/mol. The third-order valence-electron chi connectivity index (χ3n) is 3.20. The zero-order chi connectivity index (χ0) is 15.4. The molecule has 1 heterocycles. The van der Waals surface area contributed by atoms with Crippen molar-refractivity contribution in [1.29, 1.82) is 0 Å². The molecule has 22 heavy (non-hydrogen) atoms. The molecule has 0 spiro atoms. The molecule has 5 heteroatoms. The van der Waals surface area contributed by atoms with Gasteiger partial charge in [-0.3, -0.25) is 10.1 Å². The van der Waals surface area contributed by atoms with Crippen LogP contribution in [0, 0.1) is 0 Å². The number of benzene rings is 2. The van der Waals surface area contributed by atoms with E-state index in [4.69, 9.17) is 4.74 Å². The second kappa shape index (κ2) is 6.13. The van der Waals surface area contributed by atoms with Crippen molar-refractivity contribution >= 4 is 22.6 Å². The fourth-order valence-corrected chi connectivity index (χ4v) is 2.12. The summed E-state index contributed by atoms with van der Waals surface area (Å²) in [6.07, 6.45) is 1.10. The van der Waals surface area contributed by atoms with Crippen LogP contribution in [0.2, 0.25) is 0 Å². The molecule has 0 radical (unpaired) electrons. The van der Waals surface area contributed by atoms with Gasteiger partial charge in [0.2, 0.25) is 5.56 Å². The Hall–Kier alpha value is -3.08. The minimum Gasteiger partial charge on any atom is -0.444 e. The number of nitrogens with one attached hydrogen (secondary N) is 2. The van der Waals surface area contributed by atoms with Gasteiger partial charge in [-0.15, -0.1) is 0 Å². The fraction of sp³-hybridized carbons (Fsp3) is 0.0588. The summed E-state index contributed by atoms with van der Waals surface area (Å²) in [7, 11) is 0. The minimum absolute atomic E-state index is 0.184. The Labute approximate surface area is 126 Å². The Kier molecular flexibility index (Phi) is 3.87. The Morgan fingerprint density at radius 3 is 2.68 bits per heavy atom. The largest absolute Gasteiger partial charge is 0.444 e. The number of aromatic nitrogens is 1. The van der Waals surface area contributed by atoms with Crippen LogP contribution in [-0.2, 0) is 11.3 Å². The first-order chi connectivity index (χ1) is 10.7. The number of carbonyl (C=O) groups is 1. The highest BCUT2D eigenvalue weighted by atomic mass is 16.5. The topological polar surface area (TPSA) is 71.2 Å². The van der Waals surface area contributed by atoms with Gasteiger partial charge in [-0.05, 0) is 28.5 Å². The summed E-state index contributed by atoms with van der Waals surface area (Å²) in [6.45, 7) is 0.208. The lowest BCUT2D eigenvalue weighted by Crippen LogP contribution is -2.13. The summed E-state index contributed by atoms with van der Waals surface area (Å²) < 4.78 is 5.15. The highest BCUT2D eigenvalue weighted by molar-refractivity contribution is 5.90. The van der Waals surface area contributed by atoms with Crippen molar-refractivity contribution in [2.45, 2.75) is 6.61 Å². The molecule has 0 fully saturated rings. The average molecular weight is 294 g/mol. The molecule has 2 N–H and O–H groups in total. The molecule has 0 aliphatic rings. The van der Waals surface area contributed by atoms with Crippen LogP contribution in [0.3, 0.4) is 0 Å². The van der Waals surface area contributed by atoms with E-state index in [2.05, 4.69) is 10.3 Å². The quantitative estimate of drug-likeness (QED) is 0.778. The number of anilines is 1. The lowest BCUT2D eigenvalue weighted by atomic mass is 10.1. The molecule has 3 aromatic rings. The van der Waals surface area contributed by atoms with E-state index >= 15 is 0 Å². The number of fused-ring (bicyclic) bond motifs is 1. The van der Waals surface area contributed by atoms with Crippen LogP contribution in [0.25, 0.3) is 10.8 Å². The molecular formula is C17H14N2O3. The number of pyridine rings is 1. The number of hydrogen-bond donors (Lipinski definition) is 2. The maximum absolute atomic E-state index is 11.8. The van der Waals surface area contributed by atoms with Crippen LogP contribution in [0.4, 0.5) is 10.5 Å². The Morgan fingerprint density at radius 2 is 1.86 bits per heavy atom. The average Bonchev–Trinajstić information content (AvgIpc) is 2.53. The van der Waals surface area contributed by atoms with Crippen molar-refractivity contribution in [3.8, 4) is 0 Å². The van der Waals surface area contributed by atoms with E-state index in [-0.39, 0.29) is 12.2 Å². The molecule has 1 amide bonds. The monoisotopic (exact) mass is 294 g/mol.